The summed E-state index contributed by atoms with van der Waals surface area (Å²) >= 11 is 0. The summed E-state index contributed by atoms with van der Waals surface area (Å²) in [4.78, 5) is 24.6. The van der Waals surface area contributed by atoms with E-state index in [1.807, 2.05) is 0 Å². The minimum absolute atomic E-state index is 0.00252. The van der Waals surface area contributed by atoms with Gasteiger partial charge in [0, 0.05) is 12.6 Å². The van der Waals surface area contributed by atoms with Crippen molar-refractivity contribution in [2.75, 3.05) is 24.1 Å². The van der Waals surface area contributed by atoms with Crippen LogP contribution in [0.25, 0.3) is 0 Å². The number of alkyl halides is 3. The highest BCUT2D eigenvalue weighted by atomic mass is 32.2. The Balaban J connectivity index is 1.69. The number of esters is 1. The Labute approximate surface area is 252 Å². The molecule has 2 N–H and O–H groups in total. The molecule has 0 radical (unpaired) electrons. The minimum Gasteiger partial charge on any atom is -0.486 e. The van der Waals surface area contributed by atoms with E-state index in [0.717, 1.165) is 31.0 Å². The third kappa shape index (κ3) is 7.46. The van der Waals surface area contributed by atoms with E-state index in [0.29, 0.717) is 0 Å². The molecule has 4 rings (SSSR count). The van der Waals surface area contributed by atoms with Crippen LogP contribution in [0.2, 0.25) is 0 Å². The molecular weight excluding hydrogens is 611 g/mol. The van der Waals surface area contributed by atoms with Gasteiger partial charge in [-0.2, -0.15) is 13.2 Å². The fourth-order valence-corrected chi connectivity index (χ4v) is 5.97. The maximum atomic E-state index is 14.2. The number of anilines is 1. The fourth-order valence-electron chi connectivity index (χ4n) is 4.41. The monoisotopic (exact) mass is 647 g/mol. The second kappa shape index (κ2) is 12.2. The molecule has 2 heterocycles. The molecule has 1 fully saturated rings. The molecule has 44 heavy (non-hydrogen) atoms. The van der Waals surface area contributed by atoms with Crippen LogP contribution in [0.15, 0.2) is 29.3 Å². The number of ketones is 1. The van der Waals surface area contributed by atoms with Crippen LogP contribution in [0, 0.1) is 0 Å². The molecule has 1 aromatic carbocycles. The van der Waals surface area contributed by atoms with Gasteiger partial charge in [-0.05, 0) is 64.7 Å². The van der Waals surface area contributed by atoms with Gasteiger partial charge in [-0.3, -0.25) is 18.6 Å². The summed E-state index contributed by atoms with van der Waals surface area (Å²) < 4.78 is 86.8. The van der Waals surface area contributed by atoms with E-state index < -0.39 is 58.3 Å². The summed E-state index contributed by atoms with van der Waals surface area (Å²) in [5.41, 5.74) is -4.17. The van der Waals surface area contributed by atoms with Gasteiger partial charge in [-0.1, -0.05) is 6.07 Å². The number of carbonyl (C=O) groups is 2. The number of aliphatic hydroxyl groups excluding tert-OH is 1. The van der Waals surface area contributed by atoms with Gasteiger partial charge in [0.1, 0.15) is 24.1 Å². The first-order chi connectivity index (χ1) is 20.3. The number of aliphatic hydroxyl groups is 2. The van der Waals surface area contributed by atoms with Crippen LogP contribution in [0.3, 0.4) is 0 Å². The number of rotatable bonds is 13. The molecule has 16 heteroatoms. The van der Waals surface area contributed by atoms with E-state index in [4.69, 9.17) is 9.47 Å². The number of carbonyl (C=O) groups excluding carboxylic acids is 2. The highest BCUT2D eigenvalue weighted by Gasteiger charge is 2.50. The van der Waals surface area contributed by atoms with Crippen LogP contribution in [-0.2, 0) is 30.8 Å². The number of Topliss-reactive ketones (excluding diaryl/α,β-unsaturated/α-hetero) is 1. The quantitative estimate of drug-likeness (QED) is 0.310. The Bertz CT molecular complexity index is 1500. The molecule has 0 spiro atoms. The van der Waals surface area contributed by atoms with Crippen molar-refractivity contribution in [2.45, 2.75) is 94.2 Å². The maximum Gasteiger partial charge on any atom is 0.427 e. The first-order valence-corrected chi connectivity index (χ1v) is 15.5. The lowest BCUT2D eigenvalue weighted by Gasteiger charge is -2.36. The van der Waals surface area contributed by atoms with Gasteiger partial charge in [0.05, 0.1) is 31.3 Å². The Morgan fingerprint density at radius 1 is 1.16 bits per heavy atom. The van der Waals surface area contributed by atoms with Gasteiger partial charge in [-0.25, -0.2) is 8.42 Å². The van der Waals surface area contributed by atoms with E-state index in [2.05, 4.69) is 9.84 Å². The van der Waals surface area contributed by atoms with Crippen molar-refractivity contribution >= 4 is 27.5 Å². The number of benzene rings is 1. The van der Waals surface area contributed by atoms with Crippen molar-refractivity contribution in [2.24, 2.45) is 0 Å². The molecule has 0 unspecified atom stereocenters. The summed E-state index contributed by atoms with van der Waals surface area (Å²) in [5.74, 6) is -1.78. The number of fused-ring (bicyclic) bond motifs is 1. The number of nitrogens with zero attached hydrogens (tertiary/aromatic N) is 3. The van der Waals surface area contributed by atoms with Crippen LogP contribution >= 0.6 is 0 Å². The highest BCUT2D eigenvalue weighted by Crippen LogP contribution is 2.42. The number of hydrogen-bond donors (Lipinski definition) is 2. The van der Waals surface area contributed by atoms with Gasteiger partial charge in [-0.15, -0.1) is 5.10 Å². The van der Waals surface area contributed by atoms with E-state index in [-0.39, 0.29) is 59.8 Å². The van der Waals surface area contributed by atoms with Crippen LogP contribution in [0.1, 0.15) is 65.0 Å². The summed E-state index contributed by atoms with van der Waals surface area (Å²) in [6.45, 7) is 3.25. The molecule has 1 aromatic heterocycles. The molecule has 0 amide bonds. The molecule has 1 atom stereocenters. The predicted molar refractivity (Wildman–Crippen MR) is 149 cm³/mol. The second-order valence-corrected chi connectivity index (χ2v) is 13.7. The van der Waals surface area contributed by atoms with E-state index in [1.54, 1.807) is 0 Å². The third-order valence-electron chi connectivity index (χ3n) is 7.22. The lowest BCUT2D eigenvalue weighted by molar-refractivity contribution is -0.257. The molecule has 1 aliphatic heterocycles. The molecule has 244 valence electrons. The topological polar surface area (TPSA) is 157 Å². The molecule has 0 saturated heterocycles. The Hall–Kier alpha value is -3.37. The van der Waals surface area contributed by atoms with Crippen molar-refractivity contribution in [1.82, 2.24) is 9.78 Å². The SMILES string of the molecule is CC(C)(O)C(=O)CC[C@H]1CN(S(=O)(=O)c2cn(C3CC3)nc2OCCO)c2cc(CC(=O)OC(C)(C)C(F)(F)F)ccc2O1. The van der Waals surface area contributed by atoms with E-state index >= 15 is 0 Å². The Kier molecular flexibility index (Phi) is 9.29. The normalized spacial score (nSPS) is 17.6. The zero-order valence-corrected chi connectivity index (χ0v) is 25.6. The van der Waals surface area contributed by atoms with Gasteiger partial charge in [0.2, 0.25) is 5.60 Å². The van der Waals surface area contributed by atoms with Gasteiger partial charge in [0.25, 0.3) is 15.9 Å². The number of halogens is 3. The number of ether oxygens (including phenoxy) is 3. The molecule has 1 saturated carbocycles. The van der Waals surface area contributed by atoms with Crippen molar-refractivity contribution in [3.8, 4) is 11.6 Å². The molecule has 12 nitrogen and oxygen atoms in total. The summed E-state index contributed by atoms with van der Waals surface area (Å²) in [6.07, 6.45) is -3.35. The molecule has 1 aliphatic carbocycles. The summed E-state index contributed by atoms with van der Waals surface area (Å²) in [6, 6.07) is 4.09. The number of hydrogen-bond acceptors (Lipinski definition) is 10. The lowest BCUT2D eigenvalue weighted by atomic mass is 9.98. The molecular formula is C28H36F3N3O9S. The average Bonchev–Trinajstić information content (AvgIpc) is 3.67. The minimum atomic E-state index is -4.81. The van der Waals surface area contributed by atoms with Crippen LogP contribution in [0.5, 0.6) is 11.6 Å². The smallest absolute Gasteiger partial charge is 0.427 e. The van der Waals surface area contributed by atoms with Crippen LogP contribution < -0.4 is 13.8 Å². The van der Waals surface area contributed by atoms with E-state index in [1.165, 1.54) is 42.9 Å². The van der Waals surface area contributed by atoms with Gasteiger partial charge >= 0.3 is 12.1 Å². The molecule has 0 bridgehead atoms. The maximum absolute atomic E-state index is 14.2. The molecule has 2 aliphatic rings. The van der Waals surface area contributed by atoms with Crippen LogP contribution in [0.4, 0.5) is 18.9 Å². The average molecular weight is 648 g/mol. The third-order valence-corrected chi connectivity index (χ3v) is 8.98. The first kappa shape index (κ1) is 33.5. The van der Waals surface area contributed by atoms with Crippen LogP contribution in [-0.4, -0.2) is 83.4 Å². The standard InChI is InChI=1S/C28H36F3N3O9S/c1-26(2,38)23(36)10-8-19-15-34(44(39,40)22-16-33(18-6-7-18)32-25(22)41-12-11-35)20-13-17(5-9-21(20)42-19)14-24(37)43-27(3,4)28(29,30)31/h5,9,13,16,18-19,35,38H,6-8,10-12,14-15H2,1-4H3/t19-/m0/s1. The van der Waals surface area contributed by atoms with Gasteiger partial charge < -0.3 is 24.4 Å². The van der Waals surface area contributed by atoms with Crippen molar-refractivity contribution in [3.63, 3.8) is 0 Å². The number of aromatic nitrogens is 2. The zero-order valence-electron chi connectivity index (χ0n) is 24.8. The Morgan fingerprint density at radius 2 is 1.84 bits per heavy atom. The highest BCUT2D eigenvalue weighted by molar-refractivity contribution is 7.93. The van der Waals surface area contributed by atoms with Crippen molar-refractivity contribution < 1.29 is 55.6 Å². The van der Waals surface area contributed by atoms with E-state index in [9.17, 15) is 41.4 Å². The summed E-state index contributed by atoms with van der Waals surface area (Å²) in [7, 11) is -4.45. The van der Waals surface area contributed by atoms with Crippen molar-refractivity contribution in [3.05, 3.63) is 30.0 Å². The number of sulfonamides is 1. The van der Waals surface area contributed by atoms with Crippen molar-refractivity contribution in [1.29, 1.82) is 0 Å². The Morgan fingerprint density at radius 3 is 2.43 bits per heavy atom. The fraction of sp³-hybridized carbons (Fsp3) is 0.607. The second-order valence-electron chi connectivity index (χ2n) is 11.8. The summed E-state index contributed by atoms with van der Waals surface area (Å²) in [5, 5.41) is 23.6. The predicted octanol–water partition coefficient (Wildman–Crippen LogP) is 3.09. The first-order valence-electron chi connectivity index (χ1n) is 14.0. The zero-order chi connectivity index (χ0) is 32.7. The van der Waals surface area contributed by atoms with Gasteiger partial charge in [0.15, 0.2) is 10.7 Å². The largest absolute Gasteiger partial charge is 0.486 e. The molecule has 2 aromatic rings. The lowest BCUT2D eigenvalue weighted by Crippen LogP contribution is -2.44.